The van der Waals surface area contributed by atoms with Crippen molar-refractivity contribution in [1.29, 1.82) is 0 Å². The lowest BCUT2D eigenvalue weighted by molar-refractivity contribution is 0.228. The van der Waals surface area contributed by atoms with Crippen LogP contribution in [0.3, 0.4) is 0 Å². The van der Waals surface area contributed by atoms with Gasteiger partial charge in [-0.3, -0.25) is 0 Å². The predicted octanol–water partition coefficient (Wildman–Crippen LogP) is 4.39. The largest absolute Gasteiger partial charge is 0.145 e. The second kappa shape index (κ2) is 3.85. The summed E-state index contributed by atoms with van der Waals surface area (Å²) in [4.78, 5) is 10.9. The topological polar surface area (TPSA) is 29.4 Å². The fraction of sp³-hybridized carbons (Fsp3) is 0.667. The van der Waals surface area contributed by atoms with Gasteiger partial charge in [0.15, 0.2) is 0 Å². The van der Waals surface area contributed by atoms with Gasteiger partial charge >= 0.3 is 0 Å². The molecule has 2 saturated carbocycles. The van der Waals surface area contributed by atoms with E-state index in [1.54, 1.807) is 0 Å². The van der Waals surface area contributed by atoms with Crippen LogP contribution in [-0.2, 0) is 0 Å². The smallest absolute Gasteiger partial charge is 0.106 e. The summed E-state index contributed by atoms with van der Waals surface area (Å²) in [6, 6.07) is 0. The van der Waals surface area contributed by atoms with Gasteiger partial charge in [-0.05, 0) is 54.2 Å². The van der Waals surface area contributed by atoms with E-state index in [1.165, 1.54) is 12.0 Å². The van der Waals surface area contributed by atoms with Crippen molar-refractivity contribution < 1.29 is 0 Å². The maximum atomic E-state index is 10.9. The standard InChI is InChI=1S/C12H13Cl2NO/c13-12(14)11-7-4-5-8(11)10-6(7)2-1-3-9(10)15-16/h3,6-8,10H,1-2,4-5H2. The maximum Gasteiger partial charge on any atom is 0.106 e. The number of allylic oxidation sites excluding steroid dienone is 3. The molecule has 2 fully saturated rings. The first-order valence-corrected chi connectivity index (χ1v) is 6.58. The van der Waals surface area contributed by atoms with Crippen LogP contribution in [0.4, 0.5) is 0 Å². The molecule has 3 rings (SSSR count). The number of hydrogen-bond acceptors (Lipinski definition) is 2. The van der Waals surface area contributed by atoms with E-state index in [9.17, 15) is 4.91 Å². The first-order chi connectivity index (χ1) is 7.74. The van der Waals surface area contributed by atoms with Gasteiger partial charge in [-0.1, -0.05) is 29.3 Å². The van der Waals surface area contributed by atoms with Gasteiger partial charge in [-0.2, -0.15) is 0 Å². The van der Waals surface area contributed by atoms with Gasteiger partial charge in [0.1, 0.15) is 4.49 Å². The fourth-order valence-electron chi connectivity index (χ4n) is 4.06. The van der Waals surface area contributed by atoms with Crippen LogP contribution in [0, 0.1) is 28.6 Å². The number of nitroso groups, excluding NO2 is 1. The van der Waals surface area contributed by atoms with Crippen LogP contribution >= 0.6 is 23.2 Å². The Hall–Kier alpha value is -0.340. The zero-order valence-corrected chi connectivity index (χ0v) is 10.3. The first-order valence-electron chi connectivity index (χ1n) is 5.82. The average Bonchev–Trinajstić information content (AvgIpc) is 2.84. The Morgan fingerprint density at radius 2 is 2.00 bits per heavy atom. The molecule has 0 amide bonds. The van der Waals surface area contributed by atoms with Crippen LogP contribution in [0.2, 0.25) is 0 Å². The lowest BCUT2D eigenvalue weighted by atomic mass is 9.72. The normalized spacial score (nSPS) is 40.6. The van der Waals surface area contributed by atoms with Gasteiger partial charge in [-0.25, -0.2) is 0 Å². The predicted molar refractivity (Wildman–Crippen MR) is 65.0 cm³/mol. The van der Waals surface area contributed by atoms with Crippen molar-refractivity contribution in [2.24, 2.45) is 28.8 Å². The molecular formula is C12H13Cl2NO. The van der Waals surface area contributed by atoms with E-state index >= 15 is 0 Å². The molecule has 0 spiro atoms. The molecule has 0 N–H and O–H groups in total. The Labute approximate surface area is 105 Å². The van der Waals surface area contributed by atoms with E-state index in [0.29, 0.717) is 28.2 Å². The molecule has 3 aliphatic rings. The molecule has 4 atom stereocenters. The van der Waals surface area contributed by atoms with Gasteiger partial charge < -0.3 is 0 Å². The van der Waals surface area contributed by atoms with Crippen molar-refractivity contribution in [3.63, 3.8) is 0 Å². The molecule has 16 heavy (non-hydrogen) atoms. The van der Waals surface area contributed by atoms with Gasteiger partial charge in [0.05, 0.1) is 5.70 Å². The highest BCUT2D eigenvalue weighted by Gasteiger charge is 2.54. The molecular weight excluding hydrogens is 245 g/mol. The Morgan fingerprint density at radius 1 is 1.25 bits per heavy atom. The SMILES string of the molecule is O=NC1=CCCC2C3CCC(C3=C(Cl)Cl)C12. The van der Waals surface area contributed by atoms with E-state index in [0.717, 1.165) is 25.0 Å². The van der Waals surface area contributed by atoms with Crippen molar-refractivity contribution >= 4 is 23.2 Å². The van der Waals surface area contributed by atoms with Crippen molar-refractivity contribution in [1.82, 2.24) is 0 Å². The summed E-state index contributed by atoms with van der Waals surface area (Å²) in [6.07, 6.45) is 6.40. The summed E-state index contributed by atoms with van der Waals surface area (Å²) < 4.78 is 0.437. The Balaban J connectivity index is 2.05. The van der Waals surface area contributed by atoms with Crippen molar-refractivity contribution in [3.05, 3.63) is 26.7 Å². The lowest BCUT2D eigenvalue weighted by Gasteiger charge is -2.32. The third-order valence-corrected chi connectivity index (χ3v) is 4.95. The molecule has 0 aromatic carbocycles. The van der Waals surface area contributed by atoms with Gasteiger partial charge in [0.25, 0.3) is 0 Å². The molecule has 0 heterocycles. The highest BCUT2D eigenvalue weighted by Crippen LogP contribution is 2.62. The van der Waals surface area contributed by atoms with Crippen LogP contribution in [0.25, 0.3) is 0 Å². The minimum Gasteiger partial charge on any atom is -0.145 e. The molecule has 2 bridgehead atoms. The molecule has 0 radical (unpaired) electrons. The van der Waals surface area contributed by atoms with E-state index in [4.69, 9.17) is 23.2 Å². The highest BCUT2D eigenvalue weighted by atomic mass is 35.5. The molecule has 4 unspecified atom stereocenters. The summed E-state index contributed by atoms with van der Waals surface area (Å²) in [7, 11) is 0. The van der Waals surface area contributed by atoms with Crippen LogP contribution in [0.15, 0.2) is 27.0 Å². The zero-order valence-electron chi connectivity index (χ0n) is 8.83. The zero-order chi connectivity index (χ0) is 11.3. The van der Waals surface area contributed by atoms with Crippen LogP contribution in [0.1, 0.15) is 25.7 Å². The highest BCUT2D eigenvalue weighted by molar-refractivity contribution is 6.56. The van der Waals surface area contributed by atoms with Gasteiger partial charge in [-0.15, -0.1) is 4.91 Å². The average molecular weight is 258 g/mol. The lowest BCUT2D eigenvalue weighted by Crippen LogP contribution is -2.25. The van der Waals surface area contributed by atoms with Crippen molar-refractivity contribution in [2.45, 2.75) is 25.7 Å². The van der Waals surface area contributed by atoms with Crippen LogP contribution in [-0.4, -0.2) is 0 Å². The summed E-state index contributed by atoms with van der Waals surface area (Å²) in [5, 5.41) is 3.21. The van der Waals surface area contributed by atoms with Crippen LogP contribution in [0.5, 0.6) is 0 Å². The van der Waals surface area contributed by atoms with E-state index < -0.39 is 0 Å². The molecule has 3 aliphatic carbocycles. The van der Waals surface area contributed by atoms with E-state index in [1.807, 2.05) is 6.08 Å². The molecule has 4 heteroatoms. The van der Waals surface area contributed by atoms with Crippen molar-refractivity contribution in [2.75, 3.05) is 0 Å². The number of rotatable bonds is 1. The Bertz CT molecular complexity index is 398. The minimum atomic E-state index is 0.299. The first kappa shape index (κ1) is 10.8. The molecule has 86 valence electrons. The second-order valence-corrected chi connectivity index (χ2v) is 5.94. The molecule has 2 nitrogen and oxygen atoms in total. The summed E-state index contributed by atoms with van der Waals surface area (Å²) >= 11 is 12.0. The van der Waals surface area contributed by atoms with Gasteiger partial charge in [0.2, 0.25) is 0 Å². The Kier molecular flexibility index (Phi) is 2.60. The van der Waals surface area contributed by atoms with E-state index in [2.05, 4.69) is 5.18 Å². The number of hydrogen-bond donors (Lipinski definition) is 0. The second-order valence-electron chi connectivity index (χ2n) is 4.99. The number of nitrogens with zero attached hydrogens (tertiary/aromatic N) is 1. The summed E-state index contributed by atoms with van der Waals surface area (Å²) in [6.45, 7) is 0. The van der Waals surface area contributed by atoms with Crippen LogP contribution < -0.4 is 0 Å². The van der Waals surface area contributed by atoms with E-state index in [-0.39, 0.29) is 0 Å². The summed E-state index contributed by atoms with van der Waals surface area (Å²) in [5.41, 5.74) is 1.95. The molecule has 0 aromatic heterocycles. The third kappa shape index (κ3) is 1.32. The monoisotopic (exact) mass is 257 g/mol. The quantitative estimate of drug-likeness (QED) is 0.641. The number of fused-ring (bicyclic) bond motifs is 5. The molecule has 0 saturated heterocycles. The van der Waals surface area contributed by atoms with Gasteiger partial charge in [0, 0.05) is 5.92 Å². The third-order valence-electron chi connectivity index (χ3n) is 4.52. The Morgan fingerprint density at radius 3 is 2.69 bits per heavy atom. The molecule has 0 aromatic rings. The number of halogens is 2. The van der Waals surface area contributed by atoms with Crippen molar-refractivity contribution in [3.8, 4) is 0 Å². The summed E-state index contributed by atoms with van der Waals surface area (Å²) in [5.74, 6) is 1.74. The molecule has 0 aliphatic heterocycles. The fourth-order valence-corrected chi connectivity index (χ4v) is 4.62. The maximum absolute atomic E-state index is 10.9. The minimum absolute atomic E-state index is 0.299.